The monoisotopic (exact) mass is 348 g/mol. The van der Waals surface area contributed by atoms with Crippen molar-refractivity contribution in [3.8, 4) is 0 Å². The molecular weight excluding hydrogens is 324 g/mol. The summed E-state index contributed by atoms with van der Waals surface area (Å²) in [6.45, 7) is 2.32. The van der Waals surface area contributed by atoms with Gasteiger partial charge in [-0.25, -0.2) is 0 Å². The zero-order valence-corrected chi connectivity index (χ0v) is 14.3. The lowest BCUT2D eigenvalue weighted by Gasteiger charge is -2.40. The van der Waals surface area contributed by atoms with E-state index in [2.05, 4.69) is 5.32 Å². The highest BCUT2D eigenvalue weighted by molar-refractivity contribution is 5.89. The lowest BCUT2D eigenvalue weighted by molar-refractivity contribution is -0.144. The number of hydrogen-bond donors (Lipinski definition) is 3. The maximum atomic E-state index is 12.3. The van der Waals surface area contributed by atoms with Gasteiger partial charge in [0, 0.05) is 6.42 Å². The van der Waals surface area contributed by atoms with Gasteiger partial charge in [-0.3, -0.25) is 19.7 Å². The second-order valence-corrected chi connectivity index (χ2v) is 6.24. The maximum absolute atomic E-state index is 12.3. The number of aliphatic carboxylic acids is 1. The molecule has 25 heavy (non-hydrogen) atoms. The number of carbonyl (C=O) groups is 3. The predicted octanol–water partition coefficient (Wildman–Crippen LogP) is 1.09. The van der Waals surface area contributed by atoms with Crippen molar-refractivity contribution in [2.24, 2.45) is 5.73 Å². The summed E-state index contributed by atoms with van der Waals surface area (Å²) >= 11 is 0. The van der Waals surface area contributed by atoms with E-state index in [1.54, 1.807) is 24.3 Å². The quantitative estimate of drug-likeness (QED) is 0.478. The SMILES string of the molecule is CCCCOC(=O)CCC1(C(N)=O)NC(C(=O)O)Cc2ccccc21. The molecule has 0 saturated carbocycles. The minimum Gasteiger partial charge on any atom is -0.480 e. The van der Waals surface area contributed by atoms with Gasteiger partial charge in [0.2, 0.25) is 5.91 Å². The fraction of sp³-hybridized carbons (Fsp3) is 0.500. The third kappa shape index (κ3) is 4.17. The van der Waals surface area contributed by atoms with Gasteiger partial charge < -0.3 is 15.6 Å². The maximum Gasteiger partial charge on any atom is 0.321 e. The van der Waals surface area contributed by atoms with E-state index < -0.39 is 29.4 Å². The van der Waals surface area contributed by atoms with Gasteiger partial charge in [-0.15, -0.1) is 0 Å². The van der Waals surface area contributed by atoms with Crippen LogP contribution in [0.2, 0.25) is 0 Å². The van der Waals surface area contributed by atoms with Gasteiger partial charge in [-0.2, -0.15) is 0 Å². The normalized spacial score (nSPS) is 22.0. The first-order valence-electron chi connectivity index (χ1n) is 8.45. The molecule has 7 nitrogen and oxygen atoms in total. The molecule has 0 bridgehead atoms. The van der Waals surface area contributed by atoms with Crippen LogP contribution in [-0.4, -0.2) is 35.6 Å². The van der Waals surface area contributed by atoms with Crippen molar-refractivity contribution in [1.29, 1.82) is 0 Å². The van der Waals surface area contributed by atoms with Crippen molar-refractivity contribution in [3.05, 3.63) is 35.4 Å². The zero-order valence-electron chi connectivity index (χ0n) is 14.3. The Morgan fingerprint density at radius 3 is 2.72 bits per heavy atom. The number of nitrogens with two attached hydrogens (primary N) is 1. The number of carboxylic acid groups (broad SMARTS) is 1. The third-order valence-corrected chi connectivity index (χ3v) is 4.51. The Balaban J connectivity index is 2.26. The lowest BCUT2D eigenvalue weighted by Crippen LogP contribution is -2.61. The van der Waals surface area contributed by atoms with Gasteiger partial charge in [0.25, 0.3) is 0 Å². The Hall–Kier alpha value is -2.41. The zero-order chi connectivity index (χ0) is 18.4. The Morgan fingerprint density at radius 2 is 2.08 bits per heavy atom. The molecule has 1 heterocycles. The molecule has 136 valence electrons. The molecule has 1 aromatic carbocycles. The number of nitrogens with one attached hydrogen (secondary N) is 1. The number of hydrogen-bond acceptors (Lipinski definition) is 5. The number of rotatable bonds is 8. The first-order chi connectivity index (χ1) is 11.9. The predicted molar refractivity (Wildman–Crippen MR) is 90.7 cm³/mol. The van der Waals surface area contributed by atoms with E-state index in [1.807, 2.05) is 6.92 Å². The molecular formula is C18H24N2O5. The van der Waals surface area contributed by atoms with Gasteiger partial charge >= 0.3 is 11.9 Å². The Kier molecular flexibility index (Phi) is 6.14. The molecule has 0 radical (unpaired) electrons. The van der Waals surface area contributed by atoms with Gasteiger partial charge in [0.1, 0.15) is 11.6 Å². The van der Waals surface area contributed by atoms with Crippen LogP contribution in [0.4, 0.5) is 0 Å². The average Bonchev–Trinajstić information content (AvgIpc) is 2.59. The average molecular weight is 348 g/mol. The minimum absolute atomic E-state index is 0.0275. The first-order valence-corrected chi connectivity index (χ1v) is 8.45. The number of carbonyl (C=O) groups excluding carboxylic acids is 2. The Bertz CT molecular complexity index is 661. The highest BCUT2D eigenvalue weighted by Gasteiger charge is 2.46. The number of carboxylic acids is 1. The van der Waals surface area contributed by atoms with Crippen LogP contribution in [0.5, 0.6) is 0 Å². The number of unbranched alkanes of at least 4 members (excludes halogenated alkanes) is 1. The third-order valence-electron chi connectivity index (χ3n) is 4.51. The van der Waals surface area contributed by atoms with Crippen molar-refractivity contribution in [3.63, 3.8) is 0 Å². The van der Waals surface area contributed by atoms with Crippen LogP contribution in [0.1, 0.15) is 43.7 Å². The van der Waals surface area contributed by atoms with E-state index in [0.29, 0.717) is 12.2 Å². The summed E-state index contributed by atoms with van der Waals surface area (Å²) in [6, 6.07) is 6.13. The van der Waals surface area contributed by atoms with E-state index >= 15 is 0 Å². The molecule has 2 unspecified atom stereocenters. The summed E-state index contributed by atoms with van der Waals surface area (Å²) in [5.41, 5.74) is 5.61. The van der Waals surface area contributed by atoms with Crippen LogP contribution in [0.15, 0.2) is 24.3 Å². The standard InChI is InChI=1S/C18H24N2O5/c1-2-3-10-25-15(21)8-9-18(17(19)24)13-7-5-4-6-12(13)11-14(20-18)16(22)23/h4-7,14,20H,2-3,8-11H2,1H3,(H2,19,24)(H,22,23). The van der Waals surface area contributed by atoms with Crippen LogP contribution < -0.4 is 11.1 Å². The number of amides is 1. The summed E-state index contributed by atoms with van der Waals surface area (Å²) in [4.78, 5) is 35.7. The molecule has 0 aliphatic carbocycles. The minimum atomic E-state index is -1.40. The van der Waals surface area contributed by atoms with Crippen LogP contribution in [0.3, 0.4) is 0 Å². The largest absolute Gasteiger partial charge is 0.480 e. The molecule has 1 aliphatic rings. The van der Waals surface area contributed by atoms with Crippen LogP contribution in [0, 0.1) is 0 Å². The molecule has 2 rings (SSSR count). The highest BCUT2D eigenvalue weighted by atomic mass is 16.5. The molecule has 4 N–H and O–H groups in total. The van der Waals surface area contributed by atoms with E-state index in [1.165, 1.54) is 0 Å². The van der Waals surface area contributed by atoms with Gasteiger partial charge in [-0.05, 0) is 30.4 Å². The topological polar surface area (TPSA) is 119 Å². The van der Waals surface area contributed by atoms with E-state index in [-0.39, 0.29) is 19.3 Å². The van der Waals surface area contributed by atoms with Crippen molar-refractivity contribution in [1.82, 2.24) is 5.32 Å². The van der Waals surface area contributed by atoms with Crippen molar-refractivity contribution < 1.29 is 24.2 Å². The highest BCUT2D eigenvalue weighted by Crippen LogP contribution is 2.34. The summed E-state index contributed by atoms with van der Waals surface area (Å²) in [5, 5.41) is 12.3. The molecule has 0 saturated heterocycles. The van der Waals surface area contributed by atoms with E-state index in [0.717, 1.165) is 18.4 Å². The van der Waals surface area contributed by atoms with Gasteiger partial charge in [0.15, 0.2) is 0 Å². The summed E-state index contributed by atoms with van der Waals surface area (Å²) in [6.07, 6.45) is 1.96. The summed E-state index contributed by atoms with van der Waals surface area (Å²) in [5.74, 6) is -2.19. The van der Waals surface area contributed by atoms with Gasteiger partial charge in [-0.1, -0.05) is 37.6 Å². The summed E-state index contributed by atoms with van der Waals surface area (Å²) < 4.78 is 5.13. The molecule has 1 aliphatic heterocycles. The fourth-order valence-corrected chi connectivity index (χ4v) is 3.14. The molecule has 0 aromatic heterocycles. The second kappa shape index (κ2) is 8.11. The Morgan fingerprint density at radius 1 is 1.36 bits per heavy atom. The van der Waals surface area contributed by atoms with Crippen LogP contribution in [-0.2, 0) is 31.1 Å². The second-order valence-electron chi connectivity index (χ2n) is 6.24. The fourth-order valence-electron chi connectivity index (χ4n) is 3.14. The van der Waals surface area contributed by atoms with Crippen LogP contribution in [0.25, 0.3) is 0 Å². The van der Waals surface area contributed by atoms with Gasteiger partial charge in [0.05, 0.1) is 6.61 Å². The molecule has 1 amide bonds. The first kappa shape index (κ1) is 18.9. The number of esters is 1. The summed E-state index contributed by atoms with van der Waals surface area (Å²) in [7, 11) is 0. The number of benzene rings is 1. The van der Waals surface area contributed by atoms with Crippen LogP contribution >= 0.6 is 0 Å². The molecule has 0 spiro atoms. The number of ether oxygens (including phenoxy) is 1. The van der Waals surface area contributed by atoms with Crippen molar-refractivity contribution in [2.45, 2.75) is 50.6 Å². The van der Waals surface area contributed by atoms with E-state index in [9.17, 15) is 19.5 Å². The smallest absolute Gasteiger partial charge is 0.321 e. The Labute approximate surface area is 146 Å². The number of fused-ring (bicyclic) bond motifs is 1. The molecule has 7 heteroatoms. The lowest BCUT2D eigenvalue weighted by atomic mass is 9.76. The van der Waals surface area contributed by atoms with Crippen molar-refractivity contribution >= 4 is 17.8 Å². The molecule has 0 fully saturated rings. The van der Waals surface area contributed by atoms with E-state index in [4.69, 9.17) is 10.5 Å². The number of primary amides is 1. The molecule has 1 aromatic rings. The molecule has 2 atom stereocenters. The van der Waals surface area contributed by atoms with Crippen molar-refractivity contribution in [2.75, 3.05) is 6.61 Å².